The highest BCUT2D eigenvalue weighted by atomic mass is 32.1. The second-order valence-corrected chi connectivity index (χ2v) is 7.30. The summed E-state index contributed by atoms with van der Waals surface area (Å²) in [5.41, 5.74) is 0.609. The van der Waals surface area contributed by atoms with Crippen LogP contribution in [-0.4, -0.2) is 52.8 Å². The number of carbonyl (C=O) groups is 2. The molecule has 4 rings (SSSR count). The topological polar surface area (TPSA) is 53.5 Å². The summed E-state index contributed by atoms with van der Waals surface area (Å²) in [7, 11) is 0. The number of rotatable bonds is 3. The van der Waals surface area contributed by atoms with Crippen molar-refractivity contribution < 1.29 is 9.59 Å². The van der Waals surface area contributed by atoms with Gasteiger partial charge in [-0.25, -0.2) is 0 Å². The summed E-state index contributed by atoms with van der Waals surface area (Å²) in [5, 5.41) is 2.07. The first kappa shape index (κ1) is 15.3. The zero-order valence-electron chi connectivity index (χ0n) is 13.3. The lowest BCUT2D eigenvalue weighted by molar-refractivity contribution is -0.134. The second kappa shape index (κ2) is 6.36. The van der Waals surface area contributed by atoms with Crippen molar-refractivity contribution >= 4 is 23.2 Å². The average molecular weight is 341 g/mol. The van der Waals surface area contributed by atoms with Crippen LogP contribution in [0.25, 0.3) is 0 Å². The van der Waals surface area contributed by atoms with Gasteiger partial charge < -0.3 is 9.80 Å². The molecule has 1 aliphatic heterocycles. The minimum absolute atomic E-state index is 0.00177. The predicted molar refractivity (Wildman–Crippen MR) is 91.9 cm³/mol. The van der Waals surface area contributed by atoms with Gasteiger partial charge in [0.25, 0.3) is 5.91 Å². The maximum atomic E-state index is 12.6. The zero-order valence-corrected chi connectivity index (χ0v) is 14.1. The molecule has 2 aromatic heterocycles. The molecule has 0 spiro atoms. The Morgan fingerprint density at radius 2 is 1.88 bits per heavy atom. The van der Waals surface area contributed by atoms with Crippen molar-refractivity contribution in [1.82, 2.24) is 14.8 Å². The molecule has 0 radical (unpaired) electrons. The summed E-state index contributed by atoms with van der Waals surface area (Å²) in [6.45, 7) is 2.43. The summed E-state index contributed by atoms with van der Waals surface area (Å²) >= 11 is 1.73. The number of thiophene rings is 1. The Labute approximate surface area is 144 Å². The molecule has 2 aliphatic rings. The highest BCUT2D eigenvalue weighted by Gasteiger charge is 2.46. The maximum absolute atomic E-state index is 12.6. The lowest BCUT2D eigenvalue weighted by Crippen LogP contribution is -2.51. The molecule has 1 aliphatic carbocycles. The van der Waals surface area contributed by atoms with E-state index in [1.54, 1.807) is 35.9 Å². The quantitative estimate of drug-likeness (QED) is 0.860. The highest BCUT2D eigenvalue weighted by Crippen LogP contribution is 2.50. The summed E-state index contributed by atoms with van der Waals surface area (Å²) in [5.74, 6) is 0.803. The van der Waals surface area contributed by atoms with Crippen LogP contribution in [0.1, 0.15) is 27.6 Å². The summed E-state index contributed by atoms with van der Waals surface area (Å²) in [4.78, 5) is 34.1. The van der Waals surface area contributed by atoms with E-state index in [4.69, 9.17) is 0 Å². The van der Waals surface area contributed by atoms with E-state index < -0.39 is 0 Å². The minimum atomic E-state index is -0.00177. The van der Waals surface area contributed by atoms with Gasteiger partial charge in [0, 0.05) is 55.3 Å². The summed E-state index contributed by atoms with van der Waals surface area (Å²) in [6.07, 6.45) is 4.22. The van der Waals surface area contributed by atoms with Gasteiger partial charge in [-0.3, -0.25) is 14.6 Å². The minimum Gasteiger partial charge on any atom is -0.339 e. The second-order valence-electron chi connectivity index (χ2n) is 6.32. The van der Waals surface area contributed by atoms with Crippen molar-refractivity contribution in [2.75, 3.05) is 26.2 Å². The molecule has 2 atom stereocenters. The molecule has 2 aromatic rings. The Balaban J connectivity index is 1.32. The third kappa shape index (κ3) is 2.94. The van der Waals surface area contributed by atoms with Crippen molar-refractivity contribution in [2.24, 2.45) is 5.92 Å². The molecule has 0 bridgehead atoms. The van der Waals surface area contributed by atoms with Crippen LogP contribution in [0.4, 0.5) is 0 Å². The molecule has 3 heterocycles. The number of carbonyl (C=O) groups excluding carboxylic acids is 2. The van der Waals surface area contributed by atoms with Crippen LogP contribution in [0.2, 0.25) is 0 Å². The first-order valence-electron chi connectivity index (χ1n) is 8.25. The Morgan fingerprint density at radius 3 is 2.54 bits per heavy atom. The van der Waals surface area contributed by atoms with Crippen LogP contribution in [0, 0.1) is 5.92 Å². The van der Waals surface area contributed by atoms with Crippen molar-refractivity contribution in [3.8, 4) is 0 Å². The molecule has 0 N–H and O–H groups in total. The van der Waals surface area contributed by atoms with E-state index in [2.05, 4.69) is 16.4 Å². The van der Waals surface area contributed by atoms with Gasteiger partial charge in [0.15, 0.2) is 0 Å². The monoisotopic (exact) mass is 341 g/mol. The summed E-state index contributed by atoms with van der Waals surface area (Å²) < 4.78 is 0. The first-order chi connectivity index (χ1) is 11.7. The molecule has 2 unspecified atom stereocenters. The van der Waals surface area contributed by atoms with Gasteiger partial charge >= 0.3 is 0 Å². The third-order valence-electron chi connectivity index (χ3n) is 4.80. The number of aromatic nitrogens is 1. The smallest absolute Gasteiger partial charge is 0.255 e. The number of nitrogens with zero attached hydrogens (tertiary/aromatic N) is 3. The van der Waals surface area contributed by atoms with Crippen LogP contribution in [0.15, 0.2) is 42.0 Å². The molecule has 6 heteroatoms. The van der Waals surface area contributed by atoms with Gasteiger partial charge in [0.2, 0.25) is 5.91 Å². The van der Waals surface area contributed by atoms with E-state index in [1.807, 2.05) is 15.9 Å². The molecule has 5 nitrogen and oxygen atoms in total. The first-order valence-corrected chi connectivity index (χ1v) is 9.13. The zero-order chi connectivity index (χ0) is 16.5. The third-order valence-corrected chi connectivity index (χ3v) is 5.81. The van der Waals surface area contributed by atoms with Crippen molar-refractivity contribution in [3.63, 3.8) is 0 Å². The fraction of sp³-hybridized carbons (Fsp3) is 0.389. The van der Waals surface area contributed by atoms with Gasteiger partial charge in [0.05, 0.1) is 5.56 Å². The number of amides is 2. The maximum Gasteiger partial charge on any atom is 0.255 e. The molecular weight excluding hydrogens is 322 g/mol. The standard InChI is InChI=1S/C18H19N3O2S/c22-17(13-3-1-5-19-12-13)20-6-8-21(9-7-20)18(23)15-11-14(15)16-4-2-10-24-16/h1-5,10,12,14-15H,6-9,11H2. The Kier molecular flexibility index (Phi) is 4.06. The number of hydrogen-bond donors (Lipinski definition) is 0. The van der Waals surface area contributed by atoms with Crippen LogP contribution in [0.5, 0.6) is 0 Å². The van der Waals surface area contributed by atoms with Crippen molar-refractivity contribution in [3.05, 3.63) is 52.5 Å². The van der Waals surface area contributed by atoms with Crippen LogP contribution in [-0.2, 0) is 4.79 Å². The average Bonchev–Trinajstić information content (AvgIpc) is 3.26. The van der Waals surface area contributed by atoms with Crippen molar-refractivity contribution in [2.45, 2.75) is 12.3 Å². The lowest BCUT2D eigenvalue weighted by atomic mass is 10.2. The van der Waals surface area contributed by atoms with Crippen LogP contribution in [0.3, 0.4) is 0 Å². The van der Waals surface area contributed by atoms with Gasteiger partial charge in [-0.05, 0) is 30.0 Å². The Morgan fingerprint density at radius 1 is 1.08 bits per heavy atom. The van der Waals surface area contributed by atoms with Crippen molar-refractivity contribution in [1.29, 1.82) is 0 Å². The largest absolute Gasteiger partial charge is 0.339 e. The lowest BCUT2D eigenvalue weighted by Gasteiger charge is -2.35. The molecule has 24 heavy (non-hydrogen) atoms. The fourth-order valence-corrected chi connectivity index (χ4v) is 4.23. The van der Waals surface area contributed by atoms with Crippen LogP contribution < -0.4 is 0 Å². The molecule has 1 saturated heterocycles. The van der Waals surface area contributed by atoms with E-state index in [9.17, 15) is 9.59 Å². The molecule has 2 amide bonds. The summed E-state index contributed by atoms with van der Waals surface area (Å²) in [6, 6.07) is 7.71. The van der Waals surface area contributed by atoms with E-state index in [0.29, 0.717) is 37.7 Å². The fourth-order valence-electron chi connectivity index (χ4n) is 3.32. The van der Waals surface area contributed by atoms with Crippen LogP contribution >= 0.6 is 11.3 Å². The highest BCUT2D eigenvalue weighted by molar-refractivity contribution is 7.10. The van der Waals surface area contributed by atoms with E-state index in [0.717, 1.165) is 6.42 Å². The number of piperazine rings is 1. The number of hydrogen-bond acceptors (Lipinski definition) is 4. The Hall–Kier alpha value is -2.21. The normalized spacial score (nSPS) is 23.2. The molecule has 1 saturated carbocycles. The van der Waals surface area contributed by atoms with Gasteiger partial charge in [-0.2, -0.15) is 0 Å². The molecular formula is C18H19N3O2S. The molecule has 0 aromatic carbocycles. The van der Waals surface area contributed by atoms with Gasteiger partial charge in [0.1, 0.15) is 0 Å². The van der Waals surface area contributed by atoms with Gasteiger partial charge in [-0.15, -0.1) is 11.3 Å². The van der Waals surface area contributed by atoms with E-state index in [-0.39, 0.29) is 17.7 Å². The molecule has 124 valence electrons. The van der Waals surface area contributed by atoms with E-state index in [1.165, 1.54) is 4.88 Å². The Bertz CT molecular complexity index is 724. The predicted octanol–water partition coefficient (Wildman–Crippen LogP) is 2.23. The van der Waals surface area contributed by atoms with E-state index >= 15 is 0 Å². The van der Waals surface area contributed by atoms with Gasteiger partial charge in [-0.1, -0.05) is 6.07 Å². The SMILES string of the molecule is O=C(c1cccnc1)N1CCN(C(=O)C2CC2c2cccs2)CC1. The molecule has 2 fully saturated rings. The number of pyridine rings is 1.